The van der Waals surface area contributed by atoms with E-state index in [0.29, 0.717) is 42.1 Å². The highest BCUT2D eigenvalue weighted by Gasteiger charge is 2.36. The third kappa shape index (κ3) is 3.28. The monoisotopic (exact) mass is 320 g/mol. The molecule has 1 atom stereocenters. The zero-order valence-electron chi connectivity index (χ0n) is 13.4. The molecule has 23 heavy (non-hydrogen) atoms. The Bertz CT molecular complexity index is 629. The van der Waals surface area contributed by atoms with Crippen molar-refractivity contribution in [3.05, 3.63) is 17.7 Å². The highest BCUT2D eigenvalue weighted by Crippen LogP contribution is 2.43. The maximum atomic E-state index is 12.5. The van der Waals surface area contributed by atoms with Crippen molar-refractivity contribution in [2.75, 3.05) is 25.1 Å². The first kappa shape index (κ1) is 16.8. The number of likely N-dealkylation sites (N-methyl/N-ethyl adjacent to an activating group) is 1. The molecule has 7 heteroatoms. The van der Waals surface area contributed by atoms with E-state index in [9.17, 15) is 14.4 Å². The van der Waals surface area contributed by atoms with E-state index in [-0.39, 0.29) is 18.4 Å². The minimum absolute atomic E-state index is 0.143. The van der Waals surface area contributed by atoms with Crippen LogP contribution in [0.1, 0.15) is 30.6 Å². The number of anilines is 1. The van der Waals surface area contributed by atoms with Gasteiger partial charge in [0.2, 0.25) is 5.91 Å². The average molecular weight is 320 g/mol. The molecule has 1 N–H and O–H groups in total. The van der Waals surface area contributed by atoms with E-state index in [1.165, 1.54) is 18.0 Å². The number of fused-ring (bicyclic) bond motifs is 1. The van der Waals surface area contributed by atoms with Crippen molar-refractivity contribution in [2.45, 2.75) is 26.4 Å². The normalized spacial score (nSPS) is 16.4. The first-order chi connectivity index (χ1) is 11.0. The molecule has 124 valence electrons. The summed E-state index contributed by atoms with van der Waals surface area (Å²) in [7, 11) is 1.50. The van der Waals surface area contributed by atoms with Gasteiger partial charge in [0, 0.05) is 12.6 Å². The molecule has 0 fully saturated rings. The summed E-state index contributed by atoms with van der Waals surface area (Å²) in [6.45, 7) is 3.88. The van der Waals surface area contributed by atoms with Crippen molar-refractivity contribution in [2.24, 2.45) is 0 Å². The number of carbonyl (C=O) groups excluding carboxylic acids is 3. The number of nitrogens with one attached hydrogen (secondary N) is 1. The Morgan fingerprint density at radius 1 is 1.43 bits per heavy atom. The van der Waals surface area contributed by atoms with Gasteiger partial charge in [-0.15, -0.1) is 0 Å². The van der Waals surface area contributed by atoms with Crippen molar-refractivity contribution in [3.8, 4) is 11.5 Å². The summed E-state index contributed by atoms with van der Waals surface area (Å²) in [6, 6.07) is 3.09. The zero-order valence-corrected chi connectivity index (χ0v) is 13.4. The minimum atomic E-state index is -0.687. The Morgan fingerprint density at radius 3 is 2.74 bits per heavy atom. The molecule has 2 rings (SSSR count). The molecule has 0 bridgehead atoms. The number of amides is 2. The van der Waals surface area contributed by atoms with Crippen LogP contribution >= 0.6 is 0 Å². The van der Waals surface area contributed by atoms with Crippen molar-refractivity contribution in [3.63, 3.8) is 0 Å². The van der Waals surface area contributed by atoms with Gasteiger partial charge >= 0.3 is 0 Å². The number of ether oxygens (including phenoxy) is 2. The second kappa shape index (κ2) is 7.13. The fourth-order valence-electron chi connectivity index (χ4n) is 2.39. The van der Waals surface area contributed by atoms with Crippen molar-refractivity contribution < 1.29 is 23.9 Å². The van der Waals surface area contributed by atoms with Crippen LogP contribution in [0.4, 0.5) is 5.69 Å². The molecule has 0 saturated heterocycles. The molecule has 0 radical (unpaired) electrons. The molecule has 0 aliphatic carbocycles. The molecule has 1 unspecified atom stereocenters. The van der Waals surface area contributed by atoms with Crippen LogP contribution in [-0.2, 0) is 9.59 Å². The van der Waals surface area contributed by atoms with Crippen LogP contribution in [0.3, 0.4) is 0 Å². The van der Waals surface area contributed by atoms with E-state index < -0.39 is 6.10 Å². The number of hydrogen-bond acceptors (Lipinski definition) is 5. The third-order valence-corrected chi connectivity index (χ3v) is 3.54. The lowest BCUT2D eigenvalue weighted by atomic mass is 10.1. The van der Waals surface area contributed by atoms with Gasteiger partial charge in [0.15, 0.2) is 17.6 Å². The summed E-state index contributed by atoms with van der Waals surface area (Å²) in [5.41, 5.74) is 0.719. The second-order valence-electron chi connectivity index (χ2n) is 5.03. The number of rotatable bonds is 6. The molecule has 0 saturated carbocycles. The molecule has 1 aliphatic rings. The summed E-state index contributed by atoms with van der Waals surface area (Å²) in [5.74, 6) is 0.150. The highest BCUT2D eigenvalue weighted by atomic mass is 16.5. The van der Waals surface area contributed by atoms with E-state index in [4.69, 9.17) is 9.47 Å². The largest absolute Gasteiger partial charge is 0.490 e. The molecule has 1 heterocycles. The quantitative estimate of drug-likeness (QED) is 0.795. The van der Waals surface area contributed by atoms with Gasteiger partial charge < -0.3 is 14.8 Å². The van der Waals surface area contributed by atoms with Crippen LogP contribution in [0.25, 0.3) is 0 Å². The van der Waals surface area contributed by atoms with Crippen LogP contribution in [0.2, 0.25) is 0 Å². The van der Waals surface area contributed by atoms with E-state index in [2.05, 4.69) is 5.32 Å². The standard InChI is InChI=1S/C16H20N2O5/c1-4-12-16(21)18(8-14(20)17-3)11-6-10(9-19)7-13(22-5-2)15(11)23-12/h6-7,9,12H,4-5,8H2,1-3H3,(H,17,20). The van der Waals surface area contributed by atoms with Gasteiger partial charge in [-0.1, -0.05) is 6.92 Å². The number of aldehydes is 1. The number of carbonyl (C=O) groups is 3. The Hall–Kier alpha value is -2.57. The van der Waals surface area contributed by atoms with E-state index in [1.807, 2.05) is 13.8 Å². The first-order valence-electron chi connectivity index (χ1n) is 7.50. The SMILES string of the molecule is CCOc1cc(C=O)cc2c1OC(CC)C(=O)N2CC(=O)NC. The minimum Gasteiger partial charge on any atom is -0.490 e. The van der Waals surface area contributed by atoms with Crippen LogP contribution in [0.5, 0.6) is 11.5 Å². The molecule has 1 aromatic rings. The van der Waals surface area contributed by atoms with Gasteiger partial charge in [0.25, 0.3) is 5.91 Å². The van der Waals surface area contributed by atoms with Crippen molar-refractivity contribution >= 4 is 23.8 Å². The highest BCUT2D eigenvalue weighted by molar-refractivity contribution is 6.05. The predicted octanol–water partition coefficient (Wildman–Crippen LogP) is 1.15. The van der Waals surface area contributed by atoms with Gasteiger partial charge in [-0.25, -0.2) is 0 Å². The number of nitrogens with zero attached hydrogens (tertiary/aromatic N) is 1. The average Bonchev–Trinajstić information content (AvgIpc) is 2.57. The molecule has 1 aromatic carbocycles. The zero-order chi connectivity index (χ0) is 17.0. The maximum absolute atomic E-state index is 12.5. The Kier molecular flexibility index (Phi) is 5.20. The molecule has 7 nitrogen and oxygen atoms in total. The Morgan fingerprint density at radius 2 is 2.17 bits per heavy atom. The summed E-state index contributed by atoms with van der Waals surface area (Å²) in [4.78, 5) is 36.8. The Labute approximate surface area is 134 Å². The van der Waals surface area contributed by atoms with Crippen molar-refractivity contribution in [1.82, 2.24) is 5.32 Å². The maximum Gasteiger partial charge on any atom is 0.268 e. The molecule has 0 aromatic heterocycles. The summed E-state index contributed by atoms with van der Waals surface area (Å²) < 4.78 is 11.3. The Balaban J connectivity index is 2.56. The molecule has 1 aliphatic heterocycles. The van der Waals surface area contributed by atoms with E-state index >= 15 is 0 Å². The van der Waals surface area contributed by atoms with E-state index in [0.717, 1.165) is 0 Å². The van der Waals surface area contributed by atoms with Crippen LogP contribution < -0.4 is 19.7 Å². The van der Waals surface area contributed by atoms with Gasteiger partial charge in [0.1, 0.15) is 12.8 Å². The number of hydrogen-bond donors (Lipinski definition) is 1. The molecular weight excluding hydrogens is 300 g/mol. The van der Waals surface area contributed by atoms with Gasteiger partial charge in [-0.3, -0.25) is 19.3 Å². The van der Waals surface area contributed by atoms with Crippen LogP contribution in [-0.4, -0.2) is 44.4 Å². The lowest BCUT2D eigenvalue weighted by Crippen LogP contribution is -2.49. The molecule has 0 spiro atoms. The fraction of sp³-hybridized carbons (Fsp3) is 0.438. The summed E-state index contributed by atoms with van der Waals surface area (Å²) in [6.07, 6.45) is 0.439. The van der Waals surface area contributed by atoms with Crippen molar-refractivity contribution in [1.29, 1.82) is 0 Å². The second-order valence-corrected chi connectivity index (χ2v) is 5.03. The van der Waals surface area contributed by atoms with E-state index in [1.54, 1.807) is 6.07 Å². The lowest BCUT2D eigenvalue weighted by Gasteiger charge is -2.34. The third-order valence-electron chi connectivity index (χ3n) is 3.54. The van der Waals surface area contributed by atoms with Crippen LogP contribution in [0, 0.1) is 0 Å². The van der Waals surface area contributed by atoms with Gasteiger partial charge in [0.05, 0.1) is 12.3 Å². The fourth-order valence-corrected chi connectivity index (χ4v) is 2.39. The molecular formula is C16H20N2O5. The topological polar surface area (TPSA) is 84.9 Å². The summed E-state index contributed by atoms with van der Waals surface area (Å²) in [5, 5.41) is 2.49. The lowest BCUT2D eigenvalue weighted by molar-refractivity contribution is -0.128. The molecule has 2 amide bonds. The van der Waals surface area contributed by atoms with Gasteiger partial charge in [-0.05, 0) is 25.5 Å². The van der Waals surface area contributed by atoms with Crippen LogP contribution in [0.15, 0.2) is 12.1 Å². The predicted molar refractivity (Wildman–Crippen MR) is 84.1 cm³/mol. The van der Waals surface area contributed by atoms with Gasteiger partial charge in [-0.2, -0.15) is 0 Å². The summed E-state index contributed by atoms with van der Waals surface area (Å²) >= 11 is 0. The number of benzene rings is 1. The smallest absolute Gasteiger partial charge is 0.268 e. The first-order valence-corrected chi connectivity index (χ1v) is 7.50.